The fraction of sp³-hybridized carbons (Fsp3) is 0.389. The van der Waals surface area contributed by atoms with Gasteiger partial charge in [0, 0.05) is 26.7 Å². The molecule has 8 nitrogen and oxygen atoms in total. The standard InChI is InChI=1S/C18H22N6O2/c1-22-15-14(16(25)21-18(22)26)24(12-13-6-3-2-4-7-13)17(20-15)23-10-5-8-19-9-11-23/h2-4,6-7,19H,5,8-12H2,1H3,(H,21,25,26). The minimum Gasteiger partial charge on any atom is -0.341 e. The lowest BCUT2D eigenvalue weighted by Gasteiger charge is -2.22. The lowest BCUT2D eigenvalue weighted by atomic mass is 10.2. The van der Waals surface area contributed by atoms with E-state index in [0.717, 1.165) is 44.1 Å². The molecule has 1 aromatic carbocycles. The molecule has 1 saturated heterocycles. The van der Waals surface area contributed by atoms with Crippen molar-refractivity contribution in [3.8, 4) is 0 Å². The lowest BCUT2D eigenvalue weighted by molar-refractivity contribution is 0.721. The number of hydrogen-bond acceptors (Lipinski definition) is 5. The number of anilines is 1. The largest absolute Gasteiger partial charge is 0.341 e. The molecule has 1 aliphatic rings. The average Bonchev–Trinajstić information content (AvgIpc) is 2.82. The fourth-order valence-electron chi connectivity index (χ4n) is 3.43. The number of aromatic amines is 1. The van der Waals surface area contributed by atoms with Crippen molar-refractivity contribution in [1.82, 2.24) is 24.4 Å². The second kappa shape index (κ2) is 6.80. The first-order valence-corrected chi connectivity index (χ1v) is 8.84. The summed E-state index contributed by atoms with van der Waals surface area (Å²) in [5.74, 6) is 0.735. The second-order valence-corrected chi connectivity index (χ2v) is 6.56. The summed E-state index contributed by atoms with van der Waals surface area (Å²) in [5.41, 5.74) is 1.08. The molecular weight excluding hydrogens is 332 g/mol. The van der Waals surface area contributed by atoms with Crippen LogP contribution in [-0.2, 0) is 13.6 Å². The van der Waals surface area contributed by atoms with Crippen molar-refractivity contribution >= 4 is 17.1 Å². The van der Waals surface area contributed by atoms with Crippen molar-refractivity contribution in [2.75, 3.05) is 31.1 Å². The molecule has 136 valence electrons. The molecule has 1 aliphatic heterocycles. The van der Waals surface area contributed by atoms with Crippen LogP contribution < -0.4 is 21.5 Å². The molecule has 0 atom stereocenters. The highest BCUT2D eigenvalue weighted by Gasteiger charge is 2.22. The molecular formula is C18H22N6O2. The molecule has 3 heterocycles. The minimum atomic E-state index is -0.448. The molecule has 2 N–H and O–H groups in total. The van der Waals surface area contributed by atoms with Crippen LogP contribution in [0, 0.1) is 0 Å². The van der Waals surface area contributed by atoms with Crippen molar-refractivity contribution in [2.24, 2.45) is 7.05 Å². The number of nitrogens with zero attached hydrogens (tertiary/aromatic N) is 4. The van der Waals surface area contributed by atoms with Gasteiger partial charge in [-0.05, 0) is 18.5 Å². The number of H-pyrrole nitrogens is 1. The van der Waals surface area contributed by atoms with Crippen LogP contribution in [0.25, 0.3) is 11.2 Å². The van der Waals surface area contributed by atoms with Gasteiger partial charge in [0.1, 0.15) is 0 Å². The number of rotatable bonds is 3. The molecule has 2 aromatic heterocycles. The van der Waals surface area contributed by atoms with Gasteiger partial charge in [0.2, 0.25) is 5.95 Å². The van der Waals surface area contributed by atoms with E-state index in [1.807, 2.05) is 34.9 Å². The summed E-state index contributed by atoms with van der Waals surface area (Å²) in [6, 6.07) is 9.97. The highest BCUT2D eigenvalue weighted by Crippen LogP contribution is 2.21. The Kier molecular flexibility index (Phi) is 4.34. The van der Waals surface area contributed by atoms with E-state index in [1.165, 1.54) is 4.57 Å². The second-order valence-electron chi connectivity index (χ2n) is 6.56. The smallest absolute Gasteiger partial charge is 0.329 e. The van der Waals surface area contributed by atoms with Gasteiger partial charge >= 0.3 is 5.69 Å². The number of imidazole rings is 1. The molecule has 0 spiro atoms. The summed E-state index contributed by atoms with van der Waals surface area (Å²) in [7, 11) is 1.63. The maximum absolute atomic E-state index is 12.6. The zero-order valence-electron chi connectivity index (χ0n) is 14.7. The van der Waals surface area contributed by atoms with Gasteiger partial charge in [0.05, 0.1) is 6.54 Å². The van der Waals surface area contributed by atoms with E-state index >= 15 is 0 Å². The monoisotopic (exact) mass is 354 g/mol. The Labute approximate surface area is 150 Å². The first-order valence-electron chi connectivity index (χ1n) is 8.84. The van der Waals surface area contributed by atoms with Gasteiger partial charge in [0.25, 0.3) is 5.56 Å². The SMILES string of the molecule is Cn1c(=O)[nH]c(=O)c2c1nc(N1CCCNCC1)n2Cc1ccccc1. The summed E-state index contributed by atoms with van der Waals surface area (Å²) >= 11 is 0. The van der Waals surface area contributed by atoms with Gasteiger partial charge in [-0.15, -0.1) is 0 Å². The van der Waals surface area contributed by atoms with E-state index in [-0.39, 0.29) is 0 Å². The Balaban J connectivity index is 1.92. The number of nitrogens with one attached hydrogen (secondary N) is 2. The van der Waals surface area contributed by atoms with Crippen molar-refractivity contribution in [2.45, 2.75) is 13.0 Å². The molecule has 1 fully saturated rings. The minimum absolute atomic E-state index is 0.397. The molecule has 0 amide bonds. The Bertz CT molecular complexity index is 1030. The molecule has 0 radical (unpaired) electrons. The first-order chi connectivity index (χ1) is 12.6. The third-order valence-corrected chi connectivity index (χ3v) is 4.79. The van der Waals surface area contributed by atoms with E-state index in [2.05, 4.69) is 15.2 Å². The third kappa shape index (κ3) is 2.92. The van der Waals surface area contributed by atoms with E-state index in [4.69, 9.17) is 4.98 Å². The predicted molar refractivity (Wildman–Crippen MR) is 101 cm³/mol. The van der Waals surface area contributed by atoms with Gasteiger partial charge in [0.15, 0.2) is 11.2 Å². The molecule has 0 aliphatic carbocycles. The summed E-state index contributed by atoms with van der Waals surface area (Å²) in [6.07, 6.45) is 1.00. The van der Waals surface area contributed by atoms with Crippen molar-refractivity contribution in [1.29, 1.82) is 0 Å². The van der Waals surface area contributed by atoms with E-state index < -0.39 is 11.2 Å². The molecule has 26 heavy (non-hydrogen) atoms. The van der Waals surface area contributed by atoms with Crippen LogP contribution in [0.15, 0.2) is 39.9 Å². The van der Waals surface area contributed by atoms with Crippen LogP contribution >= 0.6 is 0 Å². The van der Waals surface area contributed by atoms with Crippen molar-refractivity contribution in [3.63, 3.8) is 0 Å². The maximum atomic E-state index is 12.6. The van der Waals surface area contributed by atoms with Gasteiger partial charge in [-0.1, -0.05) is 30.3 Å². The zero-order valence-corrected chi connectivity index (χ0v) is 14.7. The van der Waals surface area contributed by atoms with Crippen molar-refractivity contribution in [3.05, 3.63) is 56.7 Å². The number of aromatic nitrogens is 4. The average molecular weight is 354 g/mol. The number of hydrogen-bond donors (Lipinski definition) is 2. The highest BCUT2D eigenvalue weighted by atomic mass is 16.2. The Morgan fingerprint density at radius 1 is 1.12 bits per heavy atom. The Hall–Kier alpha value is -2.87. The molecule has 8 heteroatoms. The van der Waals surface area contributed by atoms with E-state index in [0.29, 0.717) is 17.7 Å². The normalized spacial score (nSPS) is 15.3. The van der Waals surface area contributed by atoms with Crippen LogP contribution in [0.5, 0.6) is 0 Å². The summed E-state index contributed by atoms with van der Waals surface area (Å²) in [4.78, 5) is 33.8. The Morgan fingerprint density at radius 2 is 1.92 bits per heavy atom. The predicted octanol–water partition coefficient (Wildman–Crippen LogP) is 0.271. The van der Waals surface area contributed by atoms with Gasteiger partial charge in [-0.3, -0.25) is 18.9 Å². The van der Waals surface area contributed by atoms with Crippen LogP contribution in [0.1, 0.15) is 12.0 Å². The molecule has 4 rings (SSSR count). The van der Waals surface area contributed by atoms with E-state index in [1.54, 1.807) is 7.05 Å². The number of fused-ring (bicyclic) bond motifs is 1. The molecule has 0 saturated carbocycles. The van der Waals surface area contributed by atoms with Crippen LogP contribution in [0.2, 0.25) is 0 Å². The first kappa shape index (κ1) is 16.6. The summed E-state index contributed by atoms with van der Waals surface area (Å²) < 4.78 is 3.33. The van der Waals surface area contributed by atoms with Crippen LogP contribution in [-0.4, -0.2) is 45.3 Å². The van der Waals surface area contributed by atoms with Crippen LogP contribution in [0.3, 0.4) is 0 Å². The highest BCUT2D eigenvalue weighted by molar-refractivity contribution is 5.74. The van der Waals surface area contributed by atoms with Gasteiger partial charge < -0.3 is 10.2 Å². The maximum Gasteiger partial charge on any atom is 0.329 e. The molecule has 3 aromatic rings. The number of benzene rings is 1. The topological polar surface area (TPSA) is 87.9 Å². The van der Waals surface area contributed by atoms with Crippen molar-refractivity contribution < 1.29 is 0 Å². The Morgan fingerprint density at radius 3 is 2.73 bits per heavy atom. The molecule has 0 bridgehead atoms. The summed E-state index contributed by atoms with van der Waals surface area (Å²) in [5, 5.41) is 3.38. The van der Waals surface area contributed by atoms with Gasteiger partial charge in [-0.2, -0.15) is 4.98 Å². The summed E-state index contributed by atoms with van der Waals surface area (Å²) in [6.45, 7) is 4.02. The van der Waals surface area contributed by atoms with Gasteiger partial charge in [-0.25, -0.2) is 4.79 Å². The third-order valence-electron chi connectivity index (χ3n) is 4.79. The van der Waals surface area contributed by atoms with Crippen LogP contribution in [0.4, 0.5) is 5.95 Å². The fourth-order valence-corrected chi connectivity index (χ4v) is 3.43. The van der Waals surface area contributed by atoms with E-state index in [9.17, 15) is 9.59 Å². The number of aryl methyl sites for hydroxylation is 1. The quantitative estimate of drug-likeness (QED) is 0.705. The lowest BCUT2D eigenvalue weighted by Crippen LogP contribution is -2.31. The zero-order chi connectivity index (χ0) is 18.1. The molecule has 0 unspecified atom stereocenters.